The fourth-order valence-electron chi connectivity index (χ4n) is 3.01. The highest BCUT2D eigenvalue weighted by atomic mass is 19.1. The van der Waals surface area contributed by atoms with Crippen LogP contribution in [0.2, 0.25) is 0 Å². The molecule has 0 aliphatic rings. The van der Waals surface area contributed by atoms with E-state index in [2.05, 4.69) is 15.8 Å². The number of halogens is 1. The van der Waals surface area contributed by atoms with Crippen molar-refractivity contribution >= 4 is 35.5 Å². The number of hydrogen-bond acceptors (Lipinski definition) is 7. The van der Waals surface area contributed by atoms with Gasteiger partial charge in [0.2, 0.25) is 0 Å². The fraction of sp³-hybridized carbons (Fsp3) is 0.0800. The Balaban J connectivity index is 1.84. The fourth-order valence-corrected chi connectivity index (χ4v) is 3.01. The molecule has 0 aliphatic carbocycles. The van der Waals surface area contributed by atoms with Crippen LogP contribution in [0.5, 0.6) is 5.75 Å². The Morgan fingerprint density at radius 1 is 1.06 bits per heavy atom. The van der Waals surface area contributed by atoms with Crippen molar-refractivity contribution in [1.29, 1.82) is 0 Å². The van der Waals surface area contributed by atoms with Gasteiger partial charge in [0, 0.05) is 37.0 Å². The molecular formula is C25H22FN5O5. The summed E-state index contributed by atoms with van der Waals surface area (Å²) in [5.74, 6) is -2.61. The van der Waals surface area contributed by atoms with Crippen molar-refractivity contribution < 1.29 is 24.0 Å². The van der Waals surface area contributed by atoms with E-state index in [0.29, 0.717) is 5.56 Å². The van der Waals surface area contributed by atoms with Crippen molar-refractivity contribution in [3.05, 3.63) is 105 Å². The van der Waals surface area contributed by atoms with E-state index in [1.54, 1.807) is 12.1 Å². The number of benzene rings is 3. The number of aromatic hydroxyl groups is 1. The lowest BCUT2D eigenvalue weighted by atomic mass is 10.1. The standard InChI is InChI=1S/C25H22FN5O5/c1-30(2)20-9-6-16(7-10-20)12-21(28-24(33)18-4-3-5-19(26)14-18)25(34)29-27-15-17-8-11-23(32)22(13-17)31(35)36/h3-15,32H,1-2H3,(H,28,33)(H,29,34). The van der Waals surface area contributed by atoms with Gasteiger partial charge >= 0.3 is 5.69 Å². The molecule has 184 valence electrons. The number of nitro groups is 1. The maximum absolute atomic E-state index is 13.5. The maximum atomic E-state index is 13.5. The average Bonchev–Trinajstić information content (AvgIpc) is 2.84. The van der Waals surface area contributed by atoms with Gasteiger partial charge in [-0.2, -0.15) is 5.10 Å². The van der Waals surface area contributed by atoms with Crippen LogP contribution in [0.3, 0.4) is 0 Å². The van der Waals surface area contributed by atoms with E-state index in [-0.39, 0.29) is 16.8 Å². The van der Waals surface area contributed by atoms with E-state index in [4.69, 9.17) is 0 Å². The van der Waals surface area contributed by atoms with Gasteiger partial charge in [-0.25, -0.2) is 9.82 Å². The number of carbonyl (C=O) groups excluding carboxylic acids is 2. The number of hydrogen-bond donors (Lipinski definition) is 3. The number of carbonyl (C=O) groups is 2. The molecule has 11 heteroatoms. The number of phenolic OH excluding ortho intramolecular Hbond substituents is 1. The SMILES string of the molecule is CN(C)c1ccc(C=C(NC(=O)c2cccc(F)c2)C(=O)NN=Cc2ccc(O)c([N+](=O)[O-])c2)cc1. The van der Waals surface area contributed by atoms with E-state index in [0.717, 1.165) is 30.1 Å². The molecule has 3 aromatic rings. The maximum Gasteiger partial charge on any atom is 0.311 e. The van der Waals surface area contributed by atoms with Gasteiger partial charge in [0.1, 0.15) is 11.5 Å². The summed E-state index contributed by atoms with van der Waals surface area (Å²) in [6.45, 7) is 0. The zero-order valence-corrected chi connectivity index (χ0v) is 19.3. The zero-order chi connectivity index (χ0) is 26.2. The number of nitrogens with one attached hydrogen (secondary N) is 2. The first-order valence-electron chi connectivity index (χ1n) is 10.5. The summed E-state index contributed by atoms with van der Waals surface area (Å²) in [4.78, 5) is 37.6. The predicted octanol–water partition coefficient (Wildman–Crippen LogP) is 3.43. The quantitative estimate of drug-likeness (QED) is 0.191. The van der Waals surface area contributed by atoms with Crippen LogP contribution in [-0.4, -0.2) is 42.2 Å². The first kappa shape index (κ1) is 25.6. The minimum Gasteiger partial charge on any atom is -0.502 e. The van der Waals surface area contributed by atoms with Crippen molar-refractivity contribution in [3.8, 4) is 5.75 Å². The minimum atomic E-state index is -0.791. The van der Waals surface area contributed by atoms with Gasteiger partial charge in [0.05, 0.1) is 11.1 Å². The number of anilines is 1. The summed E-state index contributed by atoms with van der Waals surface area (Å²) in [5, 5.41) is 26.8. The zero-order valence-electron chi connectivity index (χ0n) is 19.3. The predicted molar refractivity (Wildman–Crippen MR) is 133 cm³/mol. The van der Waals surface area contributed by atoms with Crippen LogP contribution < -0.4 is 15.6 Å². The Bertz CT molecular complexity index is 1350. The Morgan fingerprint density at radius 2 is 1.75 bits per heavy atom. The lowest BCUT2D eigenvalue weighted by molar-refractivity contribution is -0.385. The highest BCUT2D eigenvalue weighted by Crippen LogP contribution is 2.25. The van der Waals surface area contributed by atoms with Gasteiger partial charge < -0.3 is 15.3 Å². The summed E-state index contributed by atoms with van der Waals surface area (Å²) in [6.07, 6.45) is 2.56. The van der Waals surface area contributed by atoms with E-state index in [1.165, 1.54) is 30.3 Å². The first-order chi connectivity index (χ1) is 17.1. The Hall–Kier alpha value is -5.06. The van der Waals surface area contributed by atoms with Crippen molar-refractivity contribution in [3.63, 3.8) is 0 Å². The number of nitrogens with zero attached hydrogens (tertiary/aromatic N) is 3. The molecule has 3 aromatic carbocycles. The second-order valence-corrected chi connectivity index (χ2v) is 7.71. The highest BCUT2D eigenvalue weighted by Gasteiger charge is 2.16. The largest absolute Gasteiger partial charge is 0.502 e. The molecule has 0 atom stereocenters. The summed E-state index contributed by atoms with van der Waals surface area (Å²) in [7, 11) is 3.76. The van der Waals surface area contributed by atoms with Crippen LogP contribution in [0.25, 0.3) is 6.08 Å². The number of hydrazone groups is 1. The van der Waals surface area contributed by atoms with Crippen LogP contribution >= 0.6 is 0 Å². The second kappa shape index (κ2) is 11.4. The molecule has 0 unspecified atom stereocenters. The lowest BCUT2D eigenvalue weighted by Crippen LogP contribution is -2.32. The molecule has 0 fully saturated rings. The summed E-state index contributed by atoms with van der Waals surface area (Å²) < 4.78 is 13.5. The highest BCUT2D eigenvalue weighted by molar-refractivity contribution is 6.05. The van der Waals surface area contributed by atoms with Crippen LogP contribution in [0.1, 0.15) is 21.5 Å². The van der Waals surface area contributed by atoms with E-state index >= 15 is 0 Å². The van der Waals surface area contributed by atoms with E-state index in [9.17, 15) is 29.2 Å². The Morgan fingerprint density at radius 3 is 2.39 bits per heavy atom. The molecule has 0 spiro atoms. The molecule has 2 amide bonds. The number of rotatable bonds is 8. The Labute approximate surface area is 205 Å². The topological polar surface area (TPSA) is 137 Å². The molecule has 0 saturated heterocycles. The third-order valence-corrected chi connectivity index (χ3v) is 4.88. The first-order valence-corrected chi connectivity index (χ1v) is 10.5. The normalized spacial score (nSPS) is 11.2. The lowest BCUT2D eigenvalue weighted by Gasteiger charge is -2.12. The van der Waals surface area contributed by atoms with Gasteiger partial charge in [-0.1, -0.05) is 18.2 Å². The Kier molecular flexibility index (Phi) is 8.08. The third kappa shape index (κ3) is 6.73. The number of phenols is 1. The van der Waals surface area contributed by atoms with Crippen molar-refractivity contribution in [2.24, 2.45) is 5.10 Å². The van der Waals surface area contributed by atoms with Crippen molar-refractivity contribution in [2.45, 2.75) is 0 Å². The van der Waals surface area contributed by atoms with Gasteiger partial charge in [-0.3, -0.25) is 19.7 Å². The van der Waals surface area contributed by atoms with Crippen molar-refractivity contribution in [2.75, 3.05) is 19.0 Å². The van der Waals surface area contributed by atoms with E-state index in [1.807, 2.05) is 31.1 Å². The average molecular weight is 491 g/mol. The van der Waals surface area contributed by atoms with Gasteiger partial charge in [-0.05, 0) is 54.1 Å². The smallest absolute Gasteiger partial charge is 0.311 e. The summed E-state index contributed by atoms with van der Waals surface area (Å²) >= 11 is 0. The molecular weight excluding hydrogens is 469 g/mol. The molecule has 3 rings (SSSR count). The molecule has 0 saturated carbocycles. The van der Waals surface area contributed by atoms with Crippen LogP contribution in [0.15, 0.2) is 77.5 Å². The van der Waals surface area contributed by atoms with Crippen LogP contribution in [-0.2, 0) is 4.79 Å². The van der Waals surface area contributed by atoms with Crippen LogP contribution in [0.4, 0.5) is 15.8 Å². The van der Waals surface area contributed by atoms with Gasteiger partial charge in [0.25, 0.3) is 11.8 Å². The second-order valence-electron chi connectivity index (χ2n) is 7.71. The number of nitro benzene ring substituents is 1. The molecule has 0 heterocycles. The molecule has 0 aromatic heterocycles. The summed E-state index contributed by atoms with van der Waals surface area (Å²) in [5.41, 5.74) is 3.34. The molecule has 0 aliphatic heterocycles. The third-order valence-electron chi connectivity index (χ3n) is 4.88. The van der Waals surface area contributed by atoms with Crippen molar-refractivity contribution in [1.82, 2.24) is 10.7 Å². The molecule has 10 nitrogen and oxygen atoms in total. The number of amides is 2. The van der Waals surface area contributed by atoms with Gasteiger partial charge in [0.15, 0.2) is 5.75 Å². The molecule has 0 radical (unpaired) electrons. The van der Waals surface area contributed by atoms with E-state index < -0.39 is 34.0 Å². The molecule has 0 bridgehead atoms. The molecule has 3 N–H and O–H groups in total. The van der Waals surface area contributed by atoms with Gasteiger partial charge in [-0.15, -0.1) is 0 Å². The van der Waals surface area contributed by atoms with Crippen LogP contribution in [0, 0.1) is 15.9 Å². The summed E-state index contributed by atoms with van der Waals surface area (Å²) in [6, 6.07) is 15.7. The minimum absolute atomic E-state index is 0.0107. The monoisotopic (exact) mass is 491 g/mol. The molecule has 36 heavy (non-hydrogen) atoms.